The number of nitrogens with zero attached hydrogens (tertiary/aromatic N) is 4. The van der Waals surface area contributed by atoms with E-state index in [1.807, 2.05) is 11.8 Å². The van der Waals surface area contributed by atoms with Gasteiger partial charge < -0.3 is 20.1 Å². The van der Waals surface area contributed by atoms with Crippen LogP contribution in [0, 0.1) is 12.7 Å². The third-order valence-electron chi connectivity index (χ3n) is 5.60. The van der Waals surface area contributed by atoms with Gasteiger partial charge >= 0.3 is 5.97 Å². The summed E-state index contributed by atoms with van der Waals surface area (Å²) in [6, 6.07) is 13.4. The van der Waals surface area contributed by atoms with Crippen LogP contribution < -0.4 is 15.0 Å². The van der Waals surface area contributed by atoms with E-state index in [0.29, 0.717) is 30.5 Å². The number of carbonyl (C=O) groups is 1. The summed E-state index contributed by atoms with van der Waals surface area (Å²) < 4.78 is 46.1. The Balaban J connectivity index is 1.41. The van der Waals surface area contributed by atoms with E-state index < -0.39 is 22.1 Å². The van der Waals surface area contributed by atoms with Crippen molar-refractivity contribution in [3.8, 4) is 5.75 Å². The Morgan fingerprint density at radius 1 is 1.06 bits per heavy atom. The third kappa shape index (κ3) is 5.89. The van der Waals surface area contributed by atoms with E-state index in [1.165, 1.54) is 47.6 Å². The summed E-state index contributed by atoms with van der Waals surface area (Å²) in [4.78, 5) is 22.0. The summed E-state index contributed by atoms with van der Waals surface area (Å²) in [6.07, 6.45) is -1.05. The molecule has 1 fully saturated rings. The highest BCUT2D eigenvalue weighted by Crippen LogP contribution is 2.24. The molecule has 1 aromatic heterocycles. The van der Waals surface area contributed by atoms with Gasteiger partial charge in [-0.05, 0) is 62.4 Å². The summed E-state index contributed by atoms with van der Waals surface area (Å²) >= 11 is 0. The Morgan fingerprint density at radius 2 is 1.69 bits per heavy atom. The molecule has 2 N–H and O–H groups in total. The SMILES string of the molecule is Cc1cc(Nc2ccc(F)cc2)nc(N2CCN(S(=O)(=O)c3ccc(OC(C)C(=O)O)cc3)CC2)n1. The number of nitrogens with one attached hydrogen (secondary N) is 1. The van der Waals surface area contributed by atoms with Crippen molar-refractivity contribution in [2.45, 2.75) is 24.8 Å². The van der Waals surface area contributed by atoms with Crippen LogP contribution in [0.1, 0.15) is 12.6 Å². The molecular weight excluding hydrogens is 489 g/mol. The zero-order valence-corrected chi connectivity index (χ0v) is 20.6. The van der Waals surface area contributed by atoms with Crippen molar-refractivity contribution in [1.29, 1.82) is 0 Å². The van der Waals surface area contributed by atoms with Crippen LogP contribution in [-0.4, -0.2) is 66.0 Å². The summed E-state index contributed by atoms with van der Waals surface area (Å²) in [5.41, 5.74) is 1.42. The average molecular weight is 516 g/mol. The van der Waals surface area contributed by atoms with Crippen molar-refractivity contribution in [2.75, 3.05) is 36.4 Å². The maximum atomic E-state index is 13.2. The van der Waals surface area contributed by atoms with Crippen LogP contribution in [0.5, 0.6) is 5.75 Å². The number of rotatable bonds is 8. The highest BCUT2D eigenvalue weighted by molar-refractivity contribution is 7.89. The number of piperazine rings is 1. The molecule has 0 radical (unpaired) electrons. The Kier molecular flexibility index (Phi) is 7.36. The van der Waals surface area contributed by atoms with Gasteiger partial charge in [-0.2, -0.15) is 9.29 Å². The first kappa shape index (κ1) is 25.3. The lowest BCUT2D eigenvalue weighted by molar-refractivity contribution is -0.144. The highest BCUT2D eigenvalue weighted by atomic mass is 32.2. The van der Waals surface area contributed by atoms with Gasteiger partial charge in [0.05, 0.1) is 4.90 Å². The molecule has 1 aliphatic rings. The molecule has 10 nitrogen and oxygen atoms in total. The molecule has 3 aromatic rings. The van der Waals surface area contributed by atoms with E-state index >= 15 is 0 Å². The molecule has 12 heteroatoms. The lowest BCUT2D eigenvalue weighted by Gasteiger charge is -2.34. The van der Waals surface area contributed by atoms with Crippen LogP contribution in [0.4, 0.5) is 21.8 Å². The summed E-state index contributed by atoms with van der Waals surface area (Å²) in [5, 5.41) is 12.1. The minimum atomic E-state index is -3.74. The van der Waals surface area contributed by atoms with Crippen molar-refractivity contribution in [3.05, 3.63) is 66.1 Å². The van der Waals surface area contributed by atoms with E-state index in [1.54, 1.807) is 18.2 Å². The number of sulfonamides is 1. The maximum absolute atomic E-state index is 13.2. The van der Waals surface area contributed by atoms with Crippen molar-refractivity contribution < 1.29 is 27.4 Å². The Labute approximate surface area is 208 Å². The van der Waals surface area contributed by atoms with Crippen molar-refractivity contribution in [3.63, 3.8) is 0 Å². The first-order valence-corrected chi connectivity index (χ1v) is 12.7. The fourth-order valence-corrected chi connectivity index (χ4v) is 5.08. The monoisotopic (exact) mass is 515 g/mol. The molecule has 1 atom stereocenters. The second kappa shape index (κ2) is 10.5. The Bertz CT molecular complexity index is 1330. The number of carboxylic acids is 1. The molecule has 0 spiro atoms. The molecule has 0 aliphatic carbocycles. The number of hydrogen-bond donors (Lipinski definition) is 2. The van der Waals surface area contributed by atoms with Crippen molar-refractivity contribution in [1.82, 2.24) is 14.3 Å². The molecule has 1 aliphatic heterocycles. The van der Waals surface area contributed by atoms with Crippen LogP contribution in [0.25, 0.3) is 0 Å². The van der Waals surface area contributed by atoms with Crippen LogP contribution in [0.3, 0.4) is 0 Å². The lowest BCUT2D eigenvalue weighted by Crippen LogP contribution is -2.49. The smallest absolute Gasteiger partial charge is 0.344 e. The van der Waals surface area contributed by atoms with Gasteiger partial charge in [-0.25, -0.2) is 22.6 Å². The molecule has 2 heterocycles. The Hall–Kier alpha value is -3.77. The van der Waals surface area contributed by atoms with Crippen LogP contribution >= 0.6 is 0 Å². The lowest BCUT2D eigenvalue weighted by atomic mass is 10.3. The number of halogens is 1. The molecule has 0 amide bonds. The van der Waals surface area contributed by atoms with Gasteiger partial charge in [0, 0.05) is 43.6 Å². The molecular formula is C24H26FN5O5S. The van der Waals surface area contributed by atoms with E-state index in [-0.39, 0.29) is 29.6 Å². The summed E-state index contributed by atoms with van der Waals surface area (Å²) in [6.45, 7) is 4.52. The van der Waals surface area contributed by atoms with Crippen molar-refractivity contribution >= 4 is 33.4 Å². The zero-order valence-electron chi connectivity index (χ0n) is 19.8. The van der Waals surface area contributed by atoms with E-state index in [0.717, 1.165) is 5.69 Å². The fourth-order valence-electron chi connectivity index (χ4n) is 3.66. The number of carboxylic acid groups (broad SMARTS) is 1. The number of ether oxygens (including phenoxy) is 1. The minimum Gasteiger partial charge on any atom is -0.479 e. The number of benzene rings is 2. The molecule has 1 unspecified atom stereocenters. The second-order valence-electron chi connectivity index (χ2n) is 8.29. The fraction of sp³-hybridized carbons (Fsp3) is 0.292. The largest absolute Gasteiger partial charge is 0.479 e. The van der Waals surface area contributed by atoms with Crippen LogP contribution in [0.15, 0.2) is 59.5 Å². The normalized spacial score (nSPS) is 15.4. The predicted octanol–water partition coefficient (Wildman–Crippen LogP) is 3.03. The van der Waals surface area contributed by atoms with Gasteiger partial charge in [0.25, 0.3) is 0 Å². The Morgan fingerprint density at radius 3 is 2.31 bits per heavy atom. The number of anilines is 3. The predicted molar refractivity (Wildman–Crippen MR) is 132 cm³/mol. The van der Waals surface area contributed by atoms with Gasteiger partial charge in [0.15, 0.2) is 6.10 Å². The topological polar surface area (TPSA) is 125 Å². The number of aliphatic carboxylic acids is 1. The van der Waals surface area contributed by atoms with Gasteiger partial charge in [-0.3, -0.25) is 0 Å². The first-order chi connectivity index (χ1) is 17.1. The quantitative estimate of drug-likeness (QED) is 0.466. The average Bonchev–Trinajstić information content (AvgIpc) is 2.85. The number of aryl methyl sites for hydroxylation is 1. The maximum Gasteiger partial charge on any atom is 0.344 e. The molecule has 0 bridgehead atoms. The minimum absolute atomic E-state index is 0.101. The molecule has 2 aromatic carbocycles. The molecule has 190 valence electrons. The highest BCUT2D eigenvalue weighted by Gasteiger charge is 2.29. The molecule has 36 heavy (non-hydrogen) atoms. The van der Waals surface area contributed by atoms with E-state index in [4.69, 9.17) is 9.84 Å². The van der Waals surface area contributed by atoms with Crippen molar-refractivity contribution in [2.24, 2.45) is 0 Å². The summed E-state index contributed by atoms with van der Waals surface area (Å²) in [7, 11) is -3.74. The second-order valence-corrected chi connectivity index (χ2v) is 10.2. The third-order valence-corrected chi connectivity index (χ3v) is 7.52. The first-order valence-electron chi connectivity index (χ1n) is 11.2. The molecule has 0 saturated carbocycles. The van der Waals surface area contributed by atoms with E-state index in [2.05, 4.69) is 15.3 Å². The van der Waals surface area contributed by atoms with Gasteiger partial charge in [0.1, 0.15) is 17.4 Å². The van der Waals surface area contributed by atoms with Crippen LogP contribution in [0.2, 0.25) is 0 Å². The standard InChI is InChI=1S/C24H26FN5O5S/c1-16-15-22(27-19-5-3-18(25)4-6-19)28-24(26-16)29-11-13-30(14-12-29)36(33,34)21-9-7-20(8-10-21)35-17(2)23(31)32/h3-10,15,17H,11-14H2,1-2H3,(H,31,32)(H,26,27,28). The molecule has 1 saturated heterocycles. The van der Waals surface area contributed by atoms with Gasteiger partial charge in [-0.1, -0.05) is 0 Å². The zero-order chi connectivity index (χ0) is 25.9. The van der Waals surface area contributed by atoms with E-state index in [9.17, 15) is 17.6 Å². The summed E-state index contributed by atoms with van der Waals surface area (Å²) in [5.74, 6) is -0.134. The molecule has 4 rings (SSSR count). The number of aromatic nitrogens is 2. The van der Waals surface area contributed by atoms with Crippen LogP contribution in [-0.2, 0) is 14.8 Å². The van der Waals surface area contributed by atoms with Gasteiger partial charge in [-0.15, -0.1) is 0 Å². The van der Waals surface area contributed by atoms with Gasteiger partial charge in [0.2, 0.25) is 16.0 Å². The number of hydrogen-bond acceptors (Lipinski definition) is 8.